The van der Waals surface area contributed by atoms with Crippen LogP contribution in [0.4, 0.5) is 5.69 Å². The van der Waals surface area contributed by atoms with E-state index in [1.807, 2.05) is 6.07 Å². The molecular formula is C20H29N3O2. The Morgan fingerprint density at radius 3 is 2.28 bits per heavy atom. The zero-order valence-corrected chi connectivity index (χ0v) is 15.0. The van der Waals surface area contributed by atoms with Gasteiger partial charge >= 0.3 is 0 Å². The van der Waals surface area contributed by atoms with Crippen LogP contribution in [0.2, 0.25) is 0 Å². The Hall–Kier alpha value is -2.04. The van der Waals surface area contributed by atoms with Crippen LogP contribution in [0, 0.1) is 5.92 Å². The summed E-state index contributed by atoms with van der Waals surface area (Å²) in [6, 6.07) is 10.2. The normalized spacial score (nSPS) is 20.3. The van der Waals surface area contributed by atoms with E-state index in [-0.39, 0.29) is 29.8 Å². The Bertz CT molecular complexity index is 576. The Morgan fingerprint density at radius 2 is 1.68 bits per heavy atom. The van der Waals surface area contributed by atoms with Gasteiger partial charge in [-0.25, -0.2) is 0 Å². The summed E-state index contributed by atoms with van der Waals surface area (Å²) in [6.07, 6.45) is 6.26. The number of nitrogens with one attached hydrogen (secondary N) is 2. The van der Waals surface area contributed by atoms with Gasteiger partial charge < -0.3 is 15.5 Å². The summed E-state index contributed by atoms with van der Waals surface area (Å²) in [7, 11) is 0. The van der Waals surface area contributed by atoms with Crippen molar-refractivity contribution in [2.75, 3.05) is 18.0 Å². The van der Waals surface area contributed by atoms with Gasteiger partial charge in [-0.15, -0.1) is 0 Å². The van der Waals surface area contributed by atoms with Crippen LogP contribution in [0.15, 0.2) is 30.3 Å². The van der Waals surface area contributed by atoms with Gasteiger partial charge in [0.25, 0.3) is 0 Å². The molecule has 1 aromatic carbocycles. The second-order valence-electron chi connectivity index (χ2n) is 7.33. The highest BCUT2D eigenvalue weighted by atomic mass is 16.2. The summed E-state index contributed by atoms with van der Waals surface area (Å²) in [5, 5.41) is 6.08. The Balaban J connectivity index is 1.53. The predicted octanol–water partition coefficient (Wildman–Crippen LogP) is 2.47. The Morgan fingerprint density at radius 1 is 1.04 bits per heavy atom. The molecule has 0 spiro atoms. The number of rotatable bonds is 5. The molecule has 2 amide bonds. The highest BCUT2D eigenvalue weighted by Gasteiger charge is 2.32. The Kier molecular flexibility index (Phi) is 5.95. The number of para-hydroxylation sites is 1. The van der Waals surface area contributed by atoms with Crippen molar-refractivity contribution >= 4 is 17.5 Å². The summed E-state index contributed by atoms with van der Waals surface area (Å²) in [4.78, 5) is 26.6. The zero-order chi connectivity index (χ0) is 17.6. The van der Waals surface area contributed by atoms with Crippen molar-refractivity contribution in [3.63, 3.8) is 0 Å². The summed E-state index contributed by atoms with van der Waals surface area (Å²) >= 11 is 0. The number of benzene rings is 1. The molecule has 1 saturated heterocycles. The van der Waals surface area contributed by atoms with Crippen LogP contribution in [0.3, 0.4) is 0 Å². The van der Waals surface area contributed by atoms with Gasteiger partial charge in [0.05, 0.1) is 0 Å². The average molecular weight is 343 g/mol. The molecular weight excluding hydrogens is 314 g/mol. The van der Waals surface area contributed by atoms with Crippen LogP contribution in [-0.2, 0) is 9.59 Å². The number of amides is 2. The number of anilines is 1. The van der Waals surface area contributed by atoms with Crippen LogP contribution in [0.1, 0.15) is 45.4 Å². The van der Waals surface area contributed by atoms with Crippen molar-refractivity contribution in [3.8, 4) is 0 Å². The van der Waals surface area contributed by atoms with E-state index in [2.05, 4.69) is 39.8 Å². The first-order valence-electron chi connectivity index (χ1n) is 9.51. The predicted molar refractivity (Wildman–Crippen MR) is 99.4 cm³/mol. The fourth-order valence-corrected chi connectivity index (χ4v) is 4.12. The van der Waals surface area contributed by atoms with Gasteiger partial charge in [0, 0.05) is 31.7 Å². The first kappa shape index (κ1) is 17.8. The molecule has 2 N–H and O–H groups in total. The van der Waals surface area contributed by atoms with Crippen LogP contribution >= 0.6 is 0 Å². The number of hydrogen-bond donors (Lipinski definition) is 2. The number of carbonyl (C=O) groups excluding carboxylic acids is 2. The van der Waals surface area contributed by atoms with Crippen molar-refractivity contribution in [1.82, 2.24) is 10.6 Å². The SMILES string of the molecule is CC(=O)NC(C(=O)NC1CCN(c2ccccc2)CC1)C1CCCC1. The molecule has 1 heterocycles. The van der Waals surface area contributed by atoms with Gasteiger partial charge in [-0.3, -0.25) is 9.59 Å². The standard InChI is InChI=1S/C20H29N3O2/c1-15(24)21-19(16-7-5-6-8-16)20(25)22-17-11-13-23(14-12-17)18-9-3-2-4-10-18/h2-4,9-10,16-17,19H,5-8,11-14H2,1H3,(H,21,24)(H,22,25). The maximum Gasteiger partial charge on any atom is 0.243 e. The maximum absolute atomic E-state index is 12.7. The molecule has 0 bridgehead atoms. The van der Waals surface area contributed by atoms with Crippen molar-refractivity contribution in [3.05, 3.63) is 30.3 Å². The van der Waals surface area contributed by atoms with E-state index in [0.717, 1.165) is 51.6 Å². The summed E-state index contributed by atoms with van der Waals surface area (Å²) in [5.41, 5.74) is 1.24. The average Bonchev–Trinajstić information content (AvgIpc) is 3.15. The molecule has 1 aliphatic heterocycles. The fraction of sp³-hybridized carbons (Fsp3) is 0.600. The molecule has 0 aromatic heterocycles. The van der Waals surface area contributed by atoms with Gasteiger partial charge in [0.1, 0.15) is 6.04 Å². The minimum Gasteiger partial charge on any atom is -0.371 e. The molecule has 3 rings (SSSR count). The molecule has 2 fully saturated rings. The minimum absolute atomic E-state index is 0.000242. The zero-order valence-electron chi connectivity index (χ0n) is 15.0. The van der Waals surface area contributed by atoms with Crippen LogP contribution < -0.4 is 15.5 Å². The smallest absolute Gasteiger partial charge is 0.243 e. The highest BCUT2D eigenvalue weighted by Crippen LogP contribution is 2.28. The molecule has 5 heteroatoms. The van der Waals surface area contributed by atoms with Crippen molar-refractivity contribution in [1.29, 1.82) is 0 Å². The molecule has 1 atom stereocenters. The minimum atomic E-state index is -0.368. The lowest BCUT2D eigenvalue weighted by molar-refractivity contribution is -0.130. The third-order valence-corrected chi connectivity index (χ3v) is 5.48. The second-order valence-corrected chi connectivity index (χ2v) is 7.33. The summed E-state index contributed by atoms with van der Waals surface area (Å²) < 4.78 is 0. The molecule has 1 saturated carbocycles. The fourth-order valence-electron chi connectivity index (χ4n) is 4.12. The topological polar surface area (TPSA) is 61.4 Å². The number of nitrogens with zero attached hydrogens (tertiary/aromatic N) is 1. The quantitative estimate of drug-likeness (QED) is 0.863. The molecule has 1 aliphatic carbocycles. The first-order chi connectivity index (χ1) is 12.1. The van der Waals surface area contributed by atoms with Crippen LogP contribution in [0.25, 0.3) is 0 Å². The highest BCUT2D eigenvalue weighted by molar-refractivity contribution is 5.87. The van der Waals surface area contributed by atoms with E-state index in [4.69, 9.17) is 0 Å². The van der Waals surface area contributed by atoms with Gasteiger partial charge in [0.2, 0.25) is 11.8 Å². The first-order valence-corrected chi connectivity index (χ1v) is 9.51. The molecule has 1 unspecified atom stereocenters. The number of carbonyl (C=O) groups is 2. The largest absolute Gasteiger partial charge is 0.371 e. The molecule has 1 aromatic rings. The summed E-state index contributed by atoms with van der Waals surface area (Å²) in [5.74, 6) is 0.166. The lowest BCUT2D eigenvalue weighted by Gasteiger charge is -2.35. The van der Waals surface area contributed by atoms with Gasteiger partial charge in [-0.2, -0.15) is 0 Å². The van der Waals surface area contributed by atoms with E-state index in [1.54, 1.807) is 0 Å². The Labute approximate surface area is 150 Å². The second kappa shape index (κ2) is 8.37. The third-order valence-electron chi connectivity index (χ3n) is 5.48. The van der Waals surface area contributed by atoms with Crippen molar-refractivity contribution in [2.24, 2.45) is 5.92 Å². The van der Waals surface area contributed by atoms with Crippen molar-refractivity contribution in [2.45, 2.75) is 57.5 Å². The molecule has 0 radical (unpaired) electrons. The molecule has 5 nitrogen and oxygen atoms in total. The summed E-state index contributed by atoms with van der Waals surface area (Å²) in [6.45, 7) is 3.39. The number of piperidine rings is 1. The lowest BCUT2D eigenvalue weighted by atomic mass is 9.96. The lowest BCUT2D eigenvalue weighted by Crippen LogP contribution is -2.54. The van der Waals surface area contributed by atoms with Crippen LogP contribution in [-0.4, -0.2) is 37.0 Å². The molecule has 2 aliphatic rings. The van der Waals surface area contributed by atoms with E-state index >= 15 is 0 Å². The van der Waals surface area contributed by atoms with E-state index in [9.17, 15) is 9.59 Å². The van der Waals surface area contributed by atoms with Gasteiger partial charge in [-0.05, 0) is 43.7 Å². The monoisotopic (exact) mass is 343 g/mol. The van der Waals surface area contributed by atoms with E-state index in [0.29, 0.717) is 0 Å². The molecule has 136 valence electrons. The van der Waals surface area contributed by atoms with Crippen molar-refractivity contribution < 1.29 is 9.59 Å². The van der Waals surface area contributed by atoms with Gasteiger partial charge in [0.15, 0.2) is 0 Å². The van der Waals surface area contributed by atoms with E-state index < -0.39 is 0 Å². The van der Waals surface area contributed by atoms with Gasteiger partial charge in [-0.1, -0.05) is 31.0 Å². The molecule has 25 heavy (non-hydrogen) atoms. The third kappa shape index (κ3) is 4.74. The maximum atomic E-state index is 12.7. The van der Waals surface area contributed by atoms with E-state index in [1.165, 1.54) is 12.6 Å². The van der Waals surface area contributed by atoms with Crippen LogP contribution in [0.5, 0.6) is 0 Å². The number of hydrogen-bond acceptors (Lipinski definition) is 3.